The van der Waals surface area contributed by atoms with Gasteiger partial charge in [-0.25, -0.2) is 0 Å². The number of allylic oxidation sites excluding steroid dienone is 1. The molecule has 1 rings (SSSR count). The summed E-state index contributed by atoms with van der Waals surface area (Å²) in [7, 11) is 0. The maximum absolute atomic E-state index is 10.8. The van der Waals surface area contributed by atoms with E-state index in [0.717, 1.165) is 0 Å². The van der Waals surface area contributed by atoms with Crippen LogP contribution in [0.25, 0.3) is 0 Å². The first-order valence-electron chi connectivity index (χ1n) is 3.25. The fraction of sp³-hybridized carbons (Fsp3) is 0. The normalized spacial score (nSPS) is 15.5. The molecule has 0 heterocycles. The highest BCUT2D eigenvalue weighted by Gasteiger charge is 2.20. The van der Waals surface area contributed by atoms with Gasteiger partial charge in [0.1, 0.15) is 0 Å². The second kappa shape index (κ2) is 2.65. The fourth-order valence-corrected chi connectivity index (χ4v) is 1.02. The van der Waals surface area contributed by atoms with E-state index in [2.05, 4.69) is 6.58 Å². The molecule has 4 N–H and O–H groups in total. The number of hydrogen-bond donors (Lipinski definition) is 2. The first-order chi connectivity index (χ1) is 5.54. The summed E-state index contributed by atoms with van der Waals surface area (Å²) in [5.41, 5.74) is 10.7. The molecule has 0 spiro atoms. The first kappa shape index (κ1) is 8.26. The molecule has 12 heavy (non-hydrogen) atoms. The maximum atomic E-state index is 10.8. The summed E-state index contributed by atoms with van der Waals surface area (Å²) >= 11 is 0. The molecule has 0 fully saturated rings. The van der Waals surface area contributed by atoms with E-state index in [1.165, 1.54) is 12.2 Å². The van der Waals surface area contributed by atoms with Gasteiger partial charge in [-0.15, -0.1) is 0 Å². The molecule has 62 valence electrons. The summed E-state index contributed by atoms with van der Waals surface area (Å²) in [6.45, 7) is 3.54. The van der Waals surface area contributed by atoms with Gasteiger partial charge in [-0.2, -0.15) is 0 Å². The van der Waals surface area contributed by atoms with E-state index in [-0.39, 0.29) is 11.1 Å². The molecule has 1 aliphatic rings. The lowest BCUT2D eigenvalue weighted by Crippen LogP contribution is -2.20. The molecule has 0 aliphatic heterocycles. The van der Waals surface area contributed by atoms with Crippen LogP contribution in [0.4, 0.5) is 0 Å². The Kier molecular flexibility index (Phi) is 1.83. The lowest BCUT2D eigenvalue weighted by atomic mass is 10.1. The Labute approximate surface area is 69.2 Å². The number of carbonyl (C=O) groups is 2. The molecule has 0 aromatic heterocycles. The van der Waals surface area contributed by atoms with E-state index in [9.17, 15) is 9.59 Å². The van der Waals surface area contributed by atoms with Crippen LogP contribution in [0.3, 0.4) is 0 Å². The molecule has 0 saturated heterocycles. The maximum Gasteiger partial charge on any atom is 0.250 e. The zero-order valence-corrected chi connectivity index (χ0v) is 6.33. The van der Waals surface area contributed by atoms with Gasteiger partial charge in [0.2, 0.25) is 11.8 Å². The lowest BCUT2D eigenvalue weighted by Gasteiger charge is -1.99. The van der Waals surface area contributed by atoms with Crippen molar-refractivity contribution in [2.75, 3.05) is 0 Å². The molecular weight excluding hydrogens is 156 g/mol. The molecule has 2 amide bonds. The summed E-state index contributed by atoms with van der Waals surface area (Å²) in [6.07, 6.45) is 2.96. The lowest BCUT2D eigenvalue weighted by molar-refractivity contribution is -0.116. The van der Waals surface area contributed by atoms with Crippen molar-refractivity contribution in [3.05, 3.63) is 35.5 Å². The minimum absolute atomic E-state index is 0.113. The van der Waals surface area contributed by atoms with Crippen molar-refractivity contribution in [2.45, 2.75) is 0 Å². The molecule has 0 aromatic rings. The molecule has 4 nitrogen and oxygen atoms in total. The van der Waals surface area contributed by atoms with Crippen LogP contribution in [0.15, 0.2) is 35.5 Å². The largest absolute Gasteiger partial charge is 0.366 e. The Morgan fingerprint density at radius 3 is 2.08 bits per heavy atom. The average molecular weight is 164 g/mol. The number of carbonyl (C=O) groups excluding carboxylic acids is 2. The smallest absolute Gasteiger partial charge is 0.250 e. The van der Waals surface area contributed by atoms with E-state index in [0.29, 0.717) is 5.57 Å². The van der Waals surface area contributed by atoms with E-state index in [4.69, 9.17) is 11.5 Å². The van der Waals surface area contributed by atoms with Crippen LogP contribution in [-0.4, -0.2) is 11.8 Å². The van der Waals surface area contributed by atoms with Gasteiger partial charge in [0.15, 0.2) is 0 Å². The van der Waals surface area contributed by atoms with Crippen LogP contribution in [0.5, 0.6) is 0 Å². The van der Waals surface area contributed by atoms with Crippen molar-refractivity contribution in [3.8, 4) is 0 Å². The SMILES string of the molecule is C=C1C=CC(C(N)=O)=C1C(N)=O. The summed E-state index contributed by atoms with van der Waals surface area (Å²) in [5, 5.41) is 0. The molecule has 4 heteroatoms. The molecule has 0 unspecified atom stereocenters. The standard InChI is InChI=1S/C8H8N2O2/c1-4-2-3-5(7(9)11)6(4)8(10)12/h2-3H,1H2,(H2,9,11)(H2,10,12). The number of hydrogen-bond acceptors (Lipinski definition) is 2. The second-order valence-corrected chi connectivity index (χ2v) is 2.38. The predicted molar refractivity (Wildman–Crippen MR) is 43.7 cm³/mol. The fourth-order valence-electron chi connectivity index (χ4n) is 1.02. The molecule has 0 saturated carbocycles. The quantitative estimate of drug-likeness (QED) is 0.569. The van der Waals surface area contributed by atoms with Crippen molar-refractivity contribution in [1.29, 1.82) is 0 Å². The third kappa shape index (κ3) is 1.14. The zero-order chi connectivity index (χ0) is 9.30. The highest BCUT2D eigenvalue weighted by atomic mass is 16.2. The van der Waals surface area contributed by atoms with Gasteiger partial charge < -0.3 is 11.5 Å². The second-order valence-electron chi connectivity index (χ2n) is 2.38. The van der Waals surface area contributed by atoms with Gasteiger partial charge in [-0.1, -0.05) is 12.7 Å². The average Bonchev–Trinajstić information content (AvgIpc) is 2.30. The Bertz CT molecular complexity index is 321. The Hall–Kier alpha value is -1.84. The van der Waals surface area contributed by atoms with Gasteiger partial charge in [-0.05, 0) is 11.6 Å². The highest BCUT2D eigenvalue weighted by molar-refractivity contribution is 6.10. The number of nitrogens with two attached hydrogens (primary N) is 2. The number of amides is 2. The highest BCUT2D eigenvalue weighted by Crippen LogP contribution is 2.22. The summed E-state index contributed by atoms with van der Waals surface area (Å²) in [4.78, 5) is 21.5. The van der Waals surface area contributed by atoms with E-state index < -0.39 is 11.8 Å². The van der Waals surface area contributed by atoms with Gasteiger partial charge >= 0.3 is 0 Å². The molecule has 0 atom stereocenters. The third-order valence-corrected chi connectivity index (χ3v) is 1.55. The minimum Gasteiger partial charge on any atom is -0.366 e. The number of primary amides is 2. The van der Waals surface area contributed by atoms with Gasteiger partial charge in [0.25, 0.3) is 0 Å². The van der Waals surface area contributed by atoms with Crippen LogP contribution < -0.4 is 11.5 Å². The predicted octanol–water partition coefficient (Wildman–Crippen LogP) is -0.620. The molecule has 0 aromatic carbocycles. The zero-order valence-electron chi connectivity index (χ0n) is 6.33. The van der Waals surface area contributed by atoms with Crippen molar-refractivity contribution in [3.63, 3.8) is 0 Å². The minimum atomic E-state index is -0.682. The first-order valence-corrected chi connectivity index (χ1v) is 3.25. The van der Waals surface area contributed by atoms with E-state index >= 15 is 0 Å². The van der Waals surface area contributed by atoms with Crippen LogP contribution in [-0.2, 0) is 9.59 Å². The van der Waals surface area contributed by atoms with Crippen molar-refractivity contribution < 1.29 is 9.59 Å². The van der Waals surface area contributed by atoms with Crippen molar-refractivity contribution in [2.24, 2.45) is 11.5 Å². The monoisotopic (exact) mass is 164 g/mol. The summed E-state index contributed by atoms with van der Waals surface area (Å²) in [5.74, 6) is -1.35. The summed E-state index contributed by atoms with van der Waals surface area (Å²) < 4.78 is 0. The summed E-state index contributed by atoms with van der Waals surface area (Å²) in [6, 6.07) is 0. The molecule has 0 bridgehead atoms. The Morgan fingerprint density at radius 2 is 1.75 bits per heavy atom. The topological polar surface area (TPSA) is 86.2 Å². The van der Waals surface area contributed by atoms with Crippen molar-refractivity contribution >= 4 is 11.8 Å². The van der Waals surface area contributed by atoms with E-state index in [1.807, 2.05) is 0 Å². The molecule has 0 radical (unpaired) electrons. The third-order valence-electron chi connectivity index (χ3n) is 1.55. The van der Waals surface area contributed by atoms with Gasteiger partial charge in [0, 0.05) is 0 Å². The van der Waals surface area contributed by atoms with Crippen LogP contribution in [0.1, 0.15) is 0 Å². The van der Waals surface area contributed by atoms with Gasteiger partial charge in [-0.3, -0.25) is 9.59 Å². The van der Waals surface area contributed by atoms with Crippen LogP contribution in [0.2, 0.25) is 0 Å². The molecule has 1 aliphatic carbocycles. The van der Waals surface area contributed by atoms with Crippen LogP contribution in [0, 0.1) is 0 Å². The number of rotatable bonds is 2. The Morgan fingerprint density at radius 1 is 1.17 bits per heavy atom. The van der Waals surface area contributed by atoms with Gasteiger partial charge in [0.05, 0.1) is 11.1 Å². The molecular formula is C8H8N2O2. The van der Waals surface area contributed by atoms with Crippen molar-refractivity contribution in [1.82, 2.24) is 0 Å². The Balaban J connectivity index is 3.22. The van der Waals surface area contributed by atoms with E-state index in [1.54, 1.807) is 0 Å². The van der Waals surface area contributed by atoms with Crippen LogP contribution >= 0.6 is 0 Å².